The Morgan fingerprint density at radius 3 is 2.32 bits per heavy atom. The summed E-state index contributed by atoms with van der Waals surface area (Å²) in [6.45, 7) is 4.51. The highest BCUT2D eigenvalue weighted by Gasteiger charge is 2.25. The summed E-state index contributed by atoms with van der Waals surface area (Å²) < 4.78 is 5.02. The van der Waals surface area contributed by atoms with Gasteiger partial charge in [-0.05, 0) is 50.1 Å². The molecule has 0 aliphatic carbocycles. The molecule has 1 heterocycles. The summed E-state index contributed by atoms with van der Waals surface area (Å²) in [5.41, 5.74) is 2.25. The number of esters is 1. The Kier molecular flexibility index (Phi) is 6.09. The van der Waals surface area contributed by atoms with Crippen molar-refractivity contribution < 1.29 is 19.1 Å². The number of nitrogens with one attached hydrogen (secondary N) is 1. The zero-order valence-corrected chi connectivity index (χ0v) is 16.1. The summed E-state index contributed by atoms with van der Waals surface area (Å²) in [6.07, 6.45) is 1.40. The first kappa shape index (κ1) is 19.6. The molecule has 6 nitrogen and oxygen atoms in total. The van der Waals surface area contributed by atoms with E-state index in [0.717, 1.165) is 5.56 Å². The lowest BCUT2D eigenvalue weighted by molar-refractivity contribution is -0.131. The van der Waals surface area contributed by atoms with Crippen LogP contribution in [-0.2, 0) is 4.79 Å². The molecule has 1 N–H and O–H groups in total. The molecule has 6 heteroatoms. The second-order valence-corrected chi connectivity index (χ2v) is 7.03. The average molecular weight is 380 g/mol. The first-order chi connectivity index (χ1) is 13.4. The summed E-state index contributed by atoms with van der Waals surface area (Å²) >= 11 is 0. The smallest absolute Gasteiger partial charge is 0.308 e. The van der Waals surface area contributed by atoms with Crippen LogP contribution in [0.25, 0.3) is 0 Å². The molecule has 1 saturated heterocycles. The number of hydrogen-bond donors (Lipinski definition) is 1. The Labute approximate surface area is 164 Å². The molecule has 0 bridgehead atoms. The molecule has 2 aromatic rings. The van der Waals surface area contributed by atoms with Gasteiger partial charge in [0.05, 0.1) is 0 Å². The van der Waals surface area contributed by atoms with Gasteiger partial charge in [-0.15, -0.1) is 0 Å². The first-order valence-electron chi connectivity index (χ1n) is 9.37. The molecule has 0 unspecified atom stereocenters. The minimum Gasteiger partial charge on any atom is -0.427 e. The van der Waals surface area contributed by atoms with E-state index in [0.29, 0.717) is 42.8 Å². The van der Waals surface area contributed by atoms with Gasteiger partial charge in [0.25, 0.3) is 11.8 Å². The first-order valence-corrected chi connectivity index (χ1v) is 9.37. The minimum atomic E-state index is -0.428. The van der Waals surface area contributed by atoms with Crippen molar-refractivity contribution in [2.75, 3.05) is 13.1 Å². The number of ether oxygens (including phenoxy) is 1. The molecule has 0 spiro atoms. The van der Waals surface area contributed by atoms with Gasteiger partial charge in [-0.1, -0.05) is 23.8 Å². The van der Waals surface area contributed by atoms with Crippen LogP contribution in [0.3, 0.4) is 0 Å². The van der Waals surface area contributed by atoms with Gasteiger partial charge in [-0.3, -0.25) is 14.4 Å². The van der Waals surface area contributed by atoms with Crippen LogP contribution in [0.15, 0.2) is 48.5 Å². The van der Waals surface area contributed by atoms with E-state index in [1.54, 1.807) is 24.3 Å². The van der Waals surface area contributed by atoms with Gasteiger partial charge >= 0.3 is 5.97 Å². The SMILES string of the molecule is CC(=O)Oc1cccc(C(=O)NC2CCN(C(=O)c3ccc(C)cc3)CC2)c1. The van der Waals surface area contributed by atoms with Gasteiger partial charge in [0.2, 0.25) is 0 Å². The maximum absolute atomic E-state index is 12.6. The van der Waals surface area contributed by atoms with Crippen molar-refractivity contribution in [2.24, 2.45) is 0 Å². The molecule has 0 aromatic heterocycles. The number of amides is 2. The van der Waals surface area contributed by atoms with Crippen LogP contribution in [0.4, 0.5) is 0 Å². The Bertz CT molecular complexity index is 868. The predicted octanol–water partition coefficient (Wildman–Crippen LogP) is 2.95. The van der Waals surface area contributed by atoms with E-state index >= 15 is 0 Å². The number of piperidine rings is 1. The van der Waals surface area contributed by atoms with E-state index in [1.165, 1.54) is 6.92 Å². The summed E-state index contributed by atoms with van der Waals surface area (Å²) in [5, 5.41) is 3.01. The molecule has 1 aliphatic rings. The van der Waals surface area contributed by atoms with Gasteiger partial charge in [0.15, 0.2) is 0 Å². The number of benzene rings is 2. The van der Waals surface area contributed by atoms with Crippen molar-refractivity contribution in [2.45, 2.75) is 32.7 Å². The molecular weight excluding hydrogens is 356 g/mol. The van der Waals surface area contributed by atoms with Crippen LogP contribution in [-0.4, -0.2) is 41.8 Å². The van der Waals surface area contributed by atoms with Crippen LogP contribution >= 0.6 is 0 Å². The fourth-order valence-corrected chi connectivity index (χ4v) is 3.24. The molecule has 146 valence electrons. The summed E-state index contributed by atoms with van der Waals surface area (Å²) in [7, 11) is 0. The van der Waals surface area contributed by atoms with Gasteiger partial charge in [0, 0.05) is 37.2 Å². The topological polar surface area (TPSA) is 75.7 Å². The predicted molar refractivity (Wildman–Crippen MR) is 105 cm³/mol. The van der Waals surface area contributed by atoms with Gasteiger partial charge in [-0.2, -0.15) is 0 Å². The number of rotatable bonds is 4. The molecular formula is C22H24N2O4. The molecule has 0 radical (unpaired) electrons. The van der Waals surface area contributed by atoms with E-state index in [4.69, 9.17) is 4.74 Å². The molecule has 2 amide bonds. The zero-order valence-electron chi connectivity index (χ0n) is 16.1. The molecule has 2 aromatic carbocycles. The van der Waals surface area contributed by atoms with Crippen LogP contribution in [0.2, 0.25) is 0 Å². The molecule has 28 heavy (non-hydrogen) atoms. The number of nitrogens with zero attached hydrogens (tertiary/aromatic N) is 1. The monoisotopic (exact) mass is 380 g/mol. The third kappa shape index (κ3) is 4.97. The highest BCUT2D eigenvalue weighted by atomic mass is 16.5. The maximum atomic E-state index is 12.6. The molecule has 3 rings (SSSR count). The fourth-order valence-electron chi connectivity index (χ4n) is 3.24. The average Bonchev–Trinajstić information content (AvgIpc) is 2.68. The molecule has 0 atom stereocenters. The second-order valence-electron chi connectivity index (χ2n) is 7.03. The lowest BCUT2D eigenvalue weighted by Crippen LogP contribution is -2.46. The van der Waals surface area contributed by atoms with E-state index < -0.39 is 5.97 Å². The standard InChI is InChI=1S/C22H24N2O4/c1-15-6-8-17(9-7-15)22(27)24-12-10-19(11-13-24)23-21(26)18-4-3-5-20(14-18)28-16(2)25/h3-9,14,19H,10-13H2,1-2H3,(H,23,26). The normalized spacial score (nSPS) is 14.4. The Morgan fingerprint density at radius 1 is 1.00 bits per heavy atom. The maximum Gasteiger partial charge on any atom is 0.308 e. The highest BCUT2D eigenvalue weighted by Crippen LogP contribution is 2.17. The largest absolute Gasteiger partial charge is 0.427 e. The number of carbonyl (C=O) groups is 3. The molecule has 1 fully saturated rings. The van der Waals surface area contributed by atoms with Crippen LogP contribution in [0.5, 0.6) is 5.75 Å². The van der Waals surface area contributed by atoms with Crippen molar-refractivity contribution in [3.8, 4) is 5.75 Å². The van der Waals surface area contributed by atoms with E-state index in [9.17, 15) is 14.4 Å². The molecule has 1 aliphatic heterocycles. The van der Waals surface area contributed by atoms with Crippen molar-refractivity contribution >= 4 is 17.8 Å². The lowest BCUT2D eigenvalue weighted by atomic mass is 10.0. The number of carbonyl (C=O) groups excluding carboxylic acids is 3. The third-order valence-corrected chi connectivity index (χ3v) is 4.77. The minimum absolute atomic E-state index is 0.00643. The van der Waals surface area contributed by atoms with Crippen LogP contribution in [0, 0.1) is 6.92 Å². The molecule has 0 saturated carbocycles. The quantitative estimate of drug-likeness (QED) is 0.654. The van der Waals surface area contributed by atoms with Crippen molar-refractivity contribution in [3.63, 3.8) is 0 Å². The van der Waals surface area contributed by atoms with Crippen molar-refractivity contribution in [1.82, 2.24) is 10.2 Å². The summed E-state index contributed by atoms with van der Waals surface area (Å²) in [6, 6.07) is 14.1. The van der Waals surface area contributed by atoms with Gasteiger partial charge < -0.3 is 15.0 Å². The van der Waals surface area contributed by atoms with Crippen molar-refractivity contribution in [3.05, 3.63) is 65.2 Å². The van der Waals surface area contributed by atoms with Gasteiger partial charge in [-0.25, -0.2) is 0 Å². The van der Waals surface area contributed by atoms with E-state index in [-0.39, 0.29) is 17.9 Å². The number of likely N-dealkylation sites (tertiary alicyclic amines) is 1. The van der Waals surface area contributed by atoms with Gasteiger partial charge in [0.1, 0.15) is 5.75 Å². The third-order valence-electron chi connectivity index (χ3n) is 4.77. The Morgan fingerprint density at radius 2 is 1.68 bits per heavy atom. The zero-order chi connectivity index (χ0) is 20.1. The highest BCUT2D eigenvalue weighted by molar-refractivity contribution is 5.95. The van der Waals surface area contributed by atoms with Crippen LogP contribution in [0.1, 0.15) is 46.0 Å². The number of aryl methyl sites for hydroxylation is 1. The Balaban J connectivity index is 1.54. The number of hydrogen-bond acceptors (Lipinski definition) is 4. The summed E-state index contributed by atoms with van der Waals surface area (Å²) in [5.74, 6) is -0.266. The summed E-state index contributed by atoms with van der Waals surface area (Å²) in [4.78, 5) is 38.0. The fraction of sp³-hybridized carbons (Fsp3) is 0.318. The van der Waals surface area contributed by atoms with E-state index in [2.05, 4.69) is 5.32 Å². The Hall–Kier alpha value is -3.15. The lowest BCUT2D eigenvalue weighted by Gasteiger charge is -2.32. The van der Waals surface area contributed by atoms with Crippen LogP contribution < -0.4 is 10.1 Å². The second kappa shape index (κ2) is 8.69. The van der Waals surface area contributed by atoms with Crippen molar-refractivity contribution in [1.29, 1.82) is 0 Å². The van der Waals surface area contributed by atoms with E-state index in [1.807, 2.05) is 36.1 Å².